The van der Waals surface area contributed by atoms with E-state index in [1.165, 1.54) is 83.5 Å². The first-order valence-electron chi connectivity index (χ1n) is 20.8. The Morgan fingerprint density at radius 2 is 1.04 bits per heavy atom. The van der Waals surface area contributed by atoms with Crippen molar-refractivity contribution < 1.29 is 34.4 Å². The average molecular weight is 719 g/mol. The zero-order valence-corrected chi connectivity index (χ0v) is 33.0. The van der Waals surface area contributed by atoms with Crippen LogP contribution in [0.4, 0.5) is 0 Å². The average Bonchev–Trinajstić information content (AvgIpc) is 3.13. The summed E-state index contributed by atoms with van der Waals surface area (Å²) in [5.41, 5.74) is 0. The van der Waals surface area contributed by atoms with Gasteiger partial charge < -0.3 is 24.8 Å². The number of unbranched alkanes of at least 4 members (excludes halogenated alkanes) is 13. The van der Waals surface area contributed by atoms with Crippen LogP contribution in [0, 0.1) is 5.92 Å². The standard InChI is InChI=1S/C44H78O7/c1-4-6-7-8-9-10-11-17-20-23-26-29-33-41(46)42(47)34-31-36-43(48)50-38-40(37-45)51-44(49)35-30-27-24-21-18-15-13-12-14-16-19-22-25-28-32-39(3)5-2/h6-7,9-10,17,20,26,29,39-42,45-47H,4-5,8,11-16,18-19,21-25,27-28,30-38H2,1-3H3/b7-6-,10-9-,20-17-,29-26-/t39?,40-,41-,42-/m0/s1. The summed E-state index contributed by atoms with van der Waals surface area (Å²) in [5, 5.41) is 30.0. The van der Waals surface area contributed by atoms with Gasteiger partial charge in [-0.05, 0) is 57.3 Å². The van der Waals surface area contributed by atoms with E-state index in [1.54, 1.807) is 0 Å². The van der Waals surface area contributed by atoms with Gasteiger partial charge in [0.05, 0.1) is 18.8 Å². The summed E-state index contributed by atoms with van der Waals surface area (Å²) in [6, 6.07) is 0. The van der Waals surface area contributed by atoms with E-state index >= 15 is 0 Å². The molecule has 51 heavy (non-hydrogen) atoms. The maximum atomic E-state index is 12.2. The predicted octanol–water partition coefficient (Wildman–Crippen LogP) is 10.8. The van der Waals surface area contributed by atoms with Crippen LogP contribution in [-0.2, 0) is 19.1 Å². The smallest absolute Gasteiger partial charge is 0.306 e. The van der Waals surface area contributed by atoms with Crippen LogP contribution in [0.2, 0.25) is 0 Å². The van der Waals surface area contributed by atoms with Gasteiger partial charge in [0.25, 0.3) is 0 Å². The number of aliphatic hydroxyl groups is 3. The van der Waals surface area contributed by atoms with Crippen LogP contribution in [-0.4, -0.2) is 58.8 Å². The van der Waals surface area contributed by atoms with Crippen LogP contribution in [0.1, 0.15) is 181 Å². The number of rotatable bonds is 36. The minimum absolute atomic E-state index is 0.0680. The highest BCUT2D eigenvalue weighted by atomic mass is 16.6. The maximum absolute atomic E-state index is 12.2. The molecule has 0 heterocycles. The highest BCUT2D eigenvalue weighted by Crippen LogP contribution is 2.16. The molecule has 0 aliphatic heterocycles. The third kappa shape index (κ3) is 34.6. The number of carbonyl (C=O) groups is 2. The van der Waals surface area contributed by atoms with Gasteiger partial charge >= 0.3 is 11.9 Å². The second kappa shape index (κ2) is 37.5. The molecule has 0 bridgehead atoms. The van der Waals surface area contributed by atoms with Crippen molar-refractivity contribution in [1.29, 1.82) is 0 Å². The van der Waals surface area contributed by atoms with Gasteiger partial charge in [-0.2, -0.15) is 0 Å². The van der Waals surface area contributed by atoms with Gasteiger partial charge in [-0.3, -0.25) is 9.59 Å². The molecule has 0 aliphatic rings. The van der Waals surface area contributed by atoms with Crippen molar-refractivity contribution in [3.63, 3.8) is 0 Å². The van der Waals surface area contributed by atoms with Gasteiger partial charge in [0.15, 0.2) is 6.10 Å². The van der Waals surface area contributed by atoms with E-state index in [0.717, 1.165) is 50.9 Å². The number of aliphatic hydroxyl groups excluding tert-OH is 3. The molecule has 0 radical (unpaired) electrons. The lowest BCUT2D eigenvalue weighted by Crippen LogP contribution is -2.28. The molecule has 0 spiro atoms. The van der Waals surface area contributed by atoms with Crippen molar-refractivity contribution in [1.82, 2.24) is 0 Å². The summed E-state index contributed by atoms with van der Waals surface area (Å²) in [4.78, 5) is 24.3. The van der Waals surface area contributed by atoms with Crippen LogP contribution in [0.3, 0.4) is 0 Å². The van der Waals surface area contributed by atoms with Crippen molar-refractivity contribution in [3.05, 3.63) is 48.6 Å². The highest BCUT2D eigenvalue weighted by molar-refractivity contribution is 5.70. The van der Waals surface area contributed by atoms with E-state index in [4.69, 9.17) is 9.47 Å². The van der Waals surface area contributed by atoms with E-state index in [-0.39, 0.29) is 25.4 Å². The first-order chi connectivity index (χ1) is 24.8. The zero-order valence-electron chi connectivity index (χ0n) is 33.0. The molecule has 7 heteroatoms. The number of esters is 2. The molecule has 1 unspecified atom stereocenters. The monoisotopic (exact) mass is 719 g/mol. The summed E-state index contributed by atoms with van der Waals surface area (Å²) in [5.74, 6) is 0.0111. The highest BCUT2D eigenvalue weighted by Gasteiger charge is 2.18. The van der Waals surface area contributed by atoms with Gasteiger partial charge in [-0.15, -0.1) is 0 Å². The van der Waals surface area contributed by atoms with Crippen LogP contribution >= 0.6 is 0 Å². The number of allylic oxidation sites excluding steroid dienone is 7. The van der Waals surface area contributed by atoms with Crippen LogP contribution < -0.4 is 0 Å². The molecular weight excluding hydrogens is 640 g/mol. The first kappa shape index (κ1) is 48.8. The lowest BCUT2D eigenvalue weighted by atomic mass is 9.99. The fraction of sp³-hybridized carbons (Fsp3) is 0.773. The van der Waals surface area contributed by atoms with Gasteiger partial charge in [0.1, 0.15) is 6.61 Å². The minimum atomic E-state index is -0.935. The minimum Gasteiger partial charge on any atom is -0.462 e. The summed E-state index contributed by atoms with van der Waals surface area (Å²) >= 11 is 0. The Balaban J connectivity index is 3.77. The zero-order chi connectivity index (χ0) is 37.6. The summed E-state index contributed by atoms with van der Waals surface area (Å²) in [6.07, 6.45) is 39.2. The second-order valence-electron chi connectivity index (χ2n) is 14.2. The Hall–Kier alpha value is -2.22. The molecule has 0 fully saturated rings. The quantitative estimate of drug-likeness (QED) is 0.0336. The van der Waals surface area contributed by atoms with Crippen LogP contribution in [0.15, 0.2) is 48.6 Å². The fourth-order valence-corrected chi connectivity index (χ4v) is 5.73. The molecule has 4 atom stereocenters. The van der Waals surface area contributed by atoms with Crippen molar-refractivity contribution >= 4 is 11.9 Å². The molecular formula is C44H78O7. The summed E-state index contributed by atoms with van der Waals surface area (Å²) < 4.78 is 10.5. The van der Waals surface area contributed by atoms with Crippen molar-refractivity contribution in [2.24, 2.45) is 5.92 Å². The lowest BCUT2D eigenvalue weighted by molar-refractivity contribution is -0.161. The van der Waals surface area contributed by atoms with E-state index in [2.05, 4.69) is 57.2 Å². The SMILES string of the molecule is CC/C=C\C/C=C\C/C=C\C/C=C\C[C@H](O)[C@@H](O)CCCC(=O)OC[C@H](CO)OC(=O)CCCCCCCCCCCCCCCCC(C)CC. The third-order valence-electron chi connectivity index (χ3n) is 9.38. The Morgan fingerprint density at radius 3 is 1.55 bits per heavy atom. The Morgan fingerprint density at radius 1 is 0.569 bits per heavy atom. The molecule has 3 N–H and O–H groups in total. The Kier molecular flexibility index (Phi) is 35.9. The van der Waals surface area contributed by atoms with Crippen molar-refractivity contribution in [2.45, 2.75) is 200 Å². The molecule has 0 amide bonds. The molecule has 0 aliphatic carbocycles. The van der Waals surface area contributed by atoms with E-state index < -0.39 is 30.9 Å². The molecule has 296 valence electrons. The molecule has 0 rings (SSSR count). The molecule has 7 nitrogen and oxygen atoms in total. The molecule has 0 aromatic rings. The van der Waals surface area contributed by atoms with Gasteiger partial charge in [-0.25, -0.2) is 0 Å². The van der Waals surface area contributed by atoms with Gasteiger partial charge in [-0.1, -0.05) is 166 Å². The lowest BCUT2D eigenvalue weighted by Gasteiger charge is -2.17. The number of carbonyl (C=O) groups excluding carboxylic acids is 2. The molecule has 0 saturated carbocycles. The van der Waals surface area contributed by atoms with E-state index in [1.807, 2.05) is 12.2 Å². The third-order valence-corrected chi connectivity index (χ3v) is 9.38. The Labute approximate surface area is 313 Å². The normalized spacial score (nSPS) is 14.5. The number of hydrogen-bond acceptors (Lipinski definition) is 7. The van der Waals surface area contributed by atoms with Crippen LogP contribution in [0.5, 0.6) is 0 Å². The summed E-state index contributed by atoms with van der Waals surface area (Å²) in [7, 11) is 0. The Bertz CT molecular complexity index is 909. The molecule has 0 saturated heterocycles. The fourth-order valence-electron chi connectivity index (χ4n) is 5.73. The van der Waals surface area contributed by atoms with Crippen LogP contribution in [0.25, 0.3) is 0 Å². The number of hydrogen-bond donors (Lipinski definition) is 3. The maximum Gasteiger partial charge on any atom is 0.306 e. The predicted molar refractivity (Wildman–Crippen MR) is 212 cm³/mol. The van der Waals surface area contributed by atoms with Gasteiger partial charge in [0, 0.05) is 12.8 Å². The number of ether oxygens (including phenoxy) is 2. The van der Waals surface area contributed by atoms with Gasteiger partial charge in [0.2, 0.25) is 0 Å². The molecule has 0 aromatic heterocycles. The topological polar surface area (TPSA) is 113 Å². The second-order valence-corrected chi connectivity index (χ2v) is 14.2. The first-order valence-corrected chi connectivity index (χ1v) is 20.8. The van der Waals surface area contributed by atoms with E-state index in [0.29, 0.717) is 19.3 Å². The molecule has 0 aromatic carbocycles. The summed E-state index contributed by atoms with van der Waals surface area (Å²) in [6.45, 7) is 6.15. The van der Waals surface area contributed by atoms with E-state index in [9.17, 15) is 24.9 Å². The van der Waals surface area contributed by atoms with Crippen molar-refractivity contribution in [3.8, 4) is 0 Å². The van der Waals surface area contributed by atoms with Crippen molar-refractivity contribution in [2.75, 3.05) is 13.2 Å². The largest absolute Gasteiger partial charge is 0.462 e.